The Kier molecular flexibility index (Phi) is 2.47. The van der Waals surface area contributed by atoms with Crippen LogP contribution in [0.25, 0.3) is 0 Å². The van der Waals surface area contributed by atoms with Gasteiger partial charge < -0.3 is 5.73 Å². The molecule has 0 saturated heterocycles. The van der Waals surface area contributed by atoms with Crippen LogP contribution in [0.15, 0.2) is 30.6 Å². The van der Waals surface area contributed by atoms with Crippen molar-refractivity contribution in [2.24, 2.45) is 12.8 Å². The van der Waals surface area contributed by atoms with Gasteiger partial charge in [-0.3, -0.25) is 4.68 Å². The summed E-state index contributed by atoms with van der Waals surface area (Å²) in [6.07, 6.45) is 1.43. The predicted molar refractivity (Wildman–Crippen MR) is 53.4 cm³/mol. The SMILES string of the molecule is Cn1ncnc1C(N)c1cccc(F)c1. The minimum atomic E-state index is -0.451. The Morgan fingerprint density at radius 2 is 2.27 bits per heavy atom. The number of hydrogen-bond acceptors (Lipinski definition) is 3. The molecular weight excluding hydrogens is 195 g/mol. The van der Waals surface area contributed by atoms with E-state index < -0.39 is 6.04 Å². The molecule has 0 bridgehead atoms. The normalized spacial score (nSPS) is 12.7. The molecule has 1 unspecified atom stereocenters. The summed E-state index contributed by atoms with van der Waals surface area (Å²) >= 11 is 0. The van der Waals surface area contributed by atoms with E-state index in [9.17, 15) is 4.39 Å². The van der Waals surface area contributed by atoms with Crippen LogP contribution in [0.5, 0.6) is 0 Å². The molecule has 1 aromatic heterocycles. The number of hydrogen-bond donors (Lipinski definition) is 1. The zero-order valence-corrected chi connectivity index (χ0v) is 8.26. The van der Waals surface area contributed by atoms with Gasteiger partial charge >= 0.3 is 0 Å². The number of aryl methyl sites for hydroxylation is 1. The second-order valence-corrected chi connectivity index (χ2v) is 3.27. The van der Waals surface area contributed by atoms with Gasteiger partial charge in [0.2, 0.25) is 0 Å². The number of rotatable bonds is 2. The summed E-state index contributed by atoms with van der Waals surface area (Å²) in [6, 6.07) is 5.73. The molecule has 5 heteroatoms. The fraction of sp³-hybridized carbons (Fsp3) is 0.200. The topological polar surface area (TPSA) is 56.7 Å². The van der Waals surface area contributed by atoms with Gasteiger partial charge in [0.15, 0.2) is 0 Å². The van der Waals surface area contributed by atoms with Gasteiger partial charge in [0.05, 0.1) is 6.04 Å². The summed E-state index contributed by atoms with van der Waals surface area (Å²) in [5.74, 6) is 0.311. The van der Waals surface area contributed by atoms with Gasteiger partial charge in [-0.2, -0.15) is 5.10 Å². The average Bonchev–Trinajstić information content (AvgIpc) is 2.63. The molecule has 1 heterocycles. The summed E-state index contributed by atoms with van der Waals surface area (Å²) in [6.45, 7) is 0. The van der Waals surface area contributed by atoms with Crippen LogP contribution in [0.2, 0.25) is 0 Å². The van der Waals surface area contributed by atoms with E-state index in [-0.39, 0.29) is 5.82 Å². The van der Waals surface area contributed by atoms with Crippen molar-refractivity contribution in [3.63, 3.8) is 0 Å². The van der Waals surface area contributed by atoms with Crippen LogP contribution in [0.4, 0.5) is 4.39 Å². The van der Waals surface area contributed by atoms with Crippen molar-refractivity contribution in [1.29, 1.82) is 0 Å². The van der Waals surface area contributed by atoms with Crippen LogP contribution in [0, 0.1) is 5.82 Å². The third kappa shape index (κ3) is 1.87. The van der Waals surface area contributed by atoms with Gasteiger partial charge in [-0.15, -0.1) is 0 Å². The first-order valence-electron chi connectivity index (χ1n) is 4.53. The maximum atomic E-state index is 13.0. The molecule has 0 amide bonds. The molecule has 1 aromatic carbocycles. The fourth-order valence-corrected chi connectivity index (χ4v) is 1.44. The molecule has 78 valence electrons. The van der Waals surface area contributed by atoms with Gasteiger partial charge in [-0.05, 0) is 17.7 Å². The molecule has 0 aliphatic heterocycles. The Hall–Kier alpha value is -1.75. The van der Waals surface area contributed by atoms with Crippen LogP contribution in [0.3, 0.4) is 0 Å². The molecule has 4 nitrogen and oxygen atoms in total. The van der Waals surface area contributed by atoms with Crippen molar-refractivity contribution in [1.82, 2.24) is 14.8 Å². The zero-order chi connectivity index (χ0) is 10.8. The lowest BCUT2D eigenvalue weighted by atomic mass is 10.1. The highest BCUT2D eigenvalue weighted by atomic mass is 19.1. The first-order valence-corrected chi connectivity index (χ1v) is 4.53. The first kappa shape index (κ1) is 9.79. The second kappa shape index (κ2) is 3.78. The molecule has 0 radical (unpaired) electrons. The number of benzene rings is 1. The standard InChI is InChI=1S/C10H11FN4/c1-15-10(13-6-14-15)9(12)7-3-2-4-8(11)5-7/h2-6,9H,12H2,1H3. The summed E-state index contributed by atoms with van der Waals surface area (Å²) < 4.78 is 14.6. The van der Waals surface area contributed by atoms with E-state index in [2.05, 4.69) is 10.1 Å². The quantitative estimate of drug-likeness (QED) is 0.797. The van der Waals surface area contributed by atoms with E-state index in [0.717, 1.165) is 0 Å². The van der Waals surface area contributed by atoms with E-state index in [1.165, 1.54) is 18.5 Å². The van der Waals surface area contributed by atoms with Crippen molar-refractivity contribution >= 4 is 0 Å². The van der Waals surface area contributed by atoms with Crippen molar-refractivity contribution in [2.45, 2.75) is 6.04 Å². The number of nitrogens with two attached hydrogens (primary N) is 1. The Labute approximate surface area is 86.6 Å². The van der Waals surface area contributed by atoms with Crippen LogP contribution < -0.4 is 5.73 Å². The molecule has 0 aliphatic carbocycles. The van der Waals surface area contributed by atoms with E-state index in [1.54, 1.807) is 23.9 Å². The van der Waals surface area contributed by atoms with E-state index in [0.29, 0.717) is 11.4 Å². The van der Waals surface area contributed by atoms with Crippen LogP contribution in [-0.4, -0.2) is 14.8 Å². The van der Waals surface area contributed by atoms with Crippen LogP contribution in [0.1, 0.15) is 17.4 Å². The van der Waals surface area contributed by atoms with Crippen LogP contribution in [-0.2, 0) is 7.05 Å². The molecule has 0 aliphatic rings. The smallest absolute Gasteiger partial charge is 0.148 e. The van der Waals surface area contributed by atoms with Gasteiger partial charge in [0.25, 0.3) is 0 Å². The number of nitrogens with zero attached hydrogens (tertiary/aromatic N) is 3. The molecule has 2 N–H and O–H groups in total. The maximum Gasteiger partial charge on any atom is 0.148 e. The largest absolute Gasteiger partial charge is 0.318 e. The van der Waals surface area contributed by atoms with E-state index >= 15 is 0 Å². The lowest BCUT2D eigenvalue weighted by Crippen LogP contribution is -2.17. The van der Waals surface area contributed by atoms with Crippen molar-refractivity contribution in [3.05, 3.63) is 47.8 Å². The summed E-state index contributed by atoms with van der Waals surface area (Å²) in [4.78, 5) is 4.03. The molecule has 0 saturated carbocycles. The molecular formula is C10H11FN4. The molecule has 0 spiro atoms. The minimum absolute atomic E-state index is 0.301. The summed E-state index contributed by atoms with van der Waals surface area (Å²) in [5.41, 5.74) is 6.63. The highest BCUT2D eigenvalue weighted by Crippen LogP contribution is 2.17. The van der Waals surface area contributed by atoms with E-state index in [4.69, 9.17) is 5.73 Å². The van der Waals surface area contributed by atoms with Crippen molar-refractivity contribution < 1.29 is 4.39 Å². The van der Waals surface area contributed by atoms with Crippen molar-refractivity contribution in [3.8, 4) is 0 Å². The molecule has 2 aromatic rings. The van der Waals surface area contributed by atoms with Gasteiger partial charge in [-0.25, -0.2) is 9.37 Å². The minimum Gasteiger partial charge on any atom is -0.318 e. The summed E-state index contributed by atoms with van der Waals surface area (Å²) in [7, 11) is 1.75. The van der Waals surface area contributed by atoms with Crippen molar-refractivity contribution in [2.75, 3.05) is 0 Å². The molecule has 1 atom stereocenters. The Morgan fingerprint density at radius 1 is 1.47 bits per heavy atom. The predicted octanol–water partition coefficient (Wildman–Crippen LogP) is 1.00. The molecule has 15 heavy (non-hydrogen) atoms. The van der Waals surface area contributed by atoms with E-state index in [1.807, 2.05) is 0 Å². The Bertz CT molecular complexity index is 466. The van der Waals surface area contributed by atoms with Gasteiger partial charge in [0, 0.05) is 7.05 Å². The lowest BCUT2D eigenvalue weighted by molar-refractivity contribution is 0.617. The molecule has 0 fully saturated rings. The molecule has 2 rings (SSSR count). The average molecular weight is 206 g/mol. The highest BCUT2D eigenvalue weighted by Gasteiger charge is 2.14. The second-order valence-electron chi connectivity index (χ2n) is 3.27. The zero-order valence-electron chi connectivity index (χ0n) is 8.26. The first-order chi connectivity index (χ1) is 7.18. The lowest BCUT2D eigenvalue weighted by Gasteiger charge is -2.10. The Morgan fingerprint density at radius 3 is 2.87 bits per heavy atom. The van der Waals surface area contributed by atoms with Crippen LogP contribution >= 0.6 is 0 Å². The maximum absolute atomic E-state index is 13.0. The number of aromatic nitrogens is 3. The highest BCUT2D eigenvalue weighted by molar-refractivity contribution is 5.24. The monoisotopic (exact) mass is 206 g/mol. The van der Waals surface area contributed by atoms with Gasteiger partial charge in [0.1, 0.15) is 18.0 Å². The summed E-state index contributed by atoms with van der Waals surface area (Å²) in [5, 5.41) is 3.92. The van der Waals surface area contributed by atoms with Gasteiger partial charge in [-0.1, -0.05) is 12.1 Å². The third-order valence-electron chi connectivity index (χ3n) is 2.23. The number of halogens is 1. The fourth-order valence-electron chi connectivity index (χ4n) is 1.44. The Balaban J connectivity index is 2.36. The third-order valence-corrected chi connectivity index (χ3v) is 2.23.